The largest absolute Gasteiger partial charge is 0.247 e. The summed E-state index contributed by atoms with van der Waals surface area (Å²) in [6, 6.07) is 47.0. The van der Waals surface area contributed by atoms with Gasteiger partial charge in [-0.15, -0.1) is 0 Å². The zero-order valence-corrected chi connectivity index (χ0v) is 25.4. The Morgan fingerprint density at radius 2 is 1.17 bits per heavy atom. The van der Waals surface area contributed by atoms with E-state index in [9.17, 15) is 10.5 Å². The Bertz CT molecular complexity index is 2680. The van der Waals surface area contributed by atoms with Crippen molar-refractivity contribution in [1.29, 1.82) is 10.5 Å². The molecule has 0 atom stereocenters. The third-order valence-corrected chi connectivity index (χ3v) is 8.55. The average molecular weight is 611 g/mol. The maximum Gasteiger partial charge on any atom is 0.187 e. The second-order valence-corrected chi connectivity index (χ2v) is 11.3. The zero-order valence-electron chi connectivity index (χ0n) is 25.4. The van der Waals surface area contributed by atoms with E-state index in [1.165, 1.54) is 0 Å². The summed E-state index contributed by atoms with van der Waals surface area (Å²) < 4.78 is 0. The van der Waals surface area contributed by atoms with Crippen molar-refractivity contribution in [1.82, 2.24) is 15.0 Å². The van der Waals surface area contributed by atoms with Crippen LogP contribution in [0.3, 0.4) is 0 Å². The lowest BCUT2D eigenvalue weighted by Crippen LogP contribution is -2.00. The number of pyridine rings is 1. The van der Waals surface area contributed by atoms with E-state index in [2.05, 4.69) is 35.2 Å². The van der Waals surface area contributed by atoms with Gasteiger partial charge in [-0.1, -0.05) is 103 Å². The first-order valence-electron chi connectivity index (χ1n) is 15.3. The van der Waals surface area contributed by atoms with Crippen LogP contribution in [-0.4, -0.2) is 15.0 Å². The molecule has 0 fully saturated rings. The molecular weight excluding hydrogens is 589 g/mol. The Hall–Kier alpha value is -7.20. The van der Waals surface area contributed by atoms with Crippen LogP contribution in [0.1, 0.15) is 11.1 Å². The van der Waals surface area contributed by atoms with E-state index in [1.54, 1.807) is 24.3 Å². The van der Waals surface area contributed by atoms with Crippen LogP contribution in [0.15, 0.2) is 133 Å². The molecule has 0 aliphatic rings. The molecule has 220 valence electrons. The molecule has 6 nitrogen and oxygen atoms in total. The molecule has 0 bridgehead atoms. The van der Waals surface area contributed by atoms with Crippen LogP contribution in [0, 0.1) is 29.2 Å². The number of nitrogens with zero attached hydrogens (tertiary/aromatic N) is 6. The molecule has 0 aliphatic carbocycles. The van der Waals surface area contributed by atoms with Crippen LogP contribution < -0.4 is 0 Å². The van der Waals surface area contributed by atoms with E-state index < -0.39 is 0 Å². The molecule has 6 heteroatoms. The first-order chi connectivity index (χ1) is 23.7. The van der Waals surface area contributed by atoms with Gasteiger partial charge in [-0.25, -0.2) is 19.8 Å². The summed E-state index contributed by atoms with van der Waals surface area (Å²) in [7, 11) is 0. The molecule has 0 amide bonds. The number of nitriles is 2. The highest BCUT2D eigenvalue weighted by Gasteiger charge is 2.22. The molecule has 0 spiro atoms. The molecule has 2 heterocycles. The quantitative estimate of drug-likeness (QED) is 0.146. The average Bonchev–Trinajstić information content (AvgIpc) is 3.17. The lowest BCUT2D eigenvalue weighted by Gasteiger charge is -2.18. The SMILES string of the molecule is [C-]#[N+]c1ccc(-c2nc3c(-c4ccccc4)cc4c(-c5ccccc5C#N)nc5ccccc5c4c3nc2-c2ccc(C#N)cc2)cc1. The highest BCUT2D eigenvalue weighted by atomic mass is 14.8. The predicted octanol–water partition coefficient (Wildman–Crippen LogP) is 10.3. The van der Waals surface area contributed by atoms with E-state index in [0.29, 0.717) is 44.9 Å². The summed E-state index contributed by atoms with van der Waals surface area (Å²) in [4.78, 5) is 19.6. The van der Waals surface area contributed by atoms with Gasteiger partial charge in [0.2, 0.25) is 0 Å². The minimum atomic E-state index is 0.533. The molecule has 0 unspecified atom stereocenters. The van der Waals surface area contributed by atoms with Crippen LogP contribution in [-0.2, 0) is 0 Å². The number of para-hydroxylation sites is 1. The normalized spacial score (nSPS) is 10.9. The van der Waals surface area contributed by atoms with Gasteiger partial charge in [0.05, 0.1) is 63.5 Å². The molecule has 0 radical (unpaired) electrons. The summed E-state index contributed by atoms with van der Waals surface area (Å²) in [6.07, 6.45) is 0. The summed E-state index contributed by atoms with van der Waals surface area (Å²) in [5.74, 6) is 0. The van der Waals surface area contributed by atoms with Gasteiger partial charge in [0.1, 0.15) is 0 Å². The number of rotatable bonds is 4. The number of hydrogen-bond donors (Lipinski definition) is 0. The van der Waals surface area contributed by atoms with Crippen LogP contribution in [0.4, 0.5) is 5.69 Å². The topological polar surface area (TPSA) is 90.6 Å². The summed E-state index contributed by atoms with van der Waals surface area (Å²) in [5.41, 5.74) is 10.0. The Morgan fingerprint density at radius 3 is 1.88 bits per heavy atom. The Morgan fingerprint density at radius 1 is 0.521 bits per heavy atom. The van der Waals surface area contributed by atoms with Crippen molar-refractivity contribution in [2.45, 2.75) is 0 Å². The summed E-state index contributed by atoms with van der Waals surface area (Å²) in [5, 5.41) is 22.3. The monoisotopic (exact) mass is 610 g/mol. The van der Waals surface area contributed by atoms with Crippen LogP contribution in [0.2, 0.25) is 0 Å². The minimum Gasteiger partial charge on any atom is -0.247 e. The highest BCUT2D eigenvalue weighted by Crippen LogP contribution is 2.43. The first kappa shape index (κ1) is 28.3. The van der Waals surface area contributed by atoms with Gasteiger partial charge in [0, 0.05) is 32.8 Å². The first-order valence-corrected chi connectivity index (χ1v) is 15.3. The fourth-order valence-corrected chi connectivity index (χ4v) is 6.26. The molecular formula is C42H22N6. The Balaban J connectivity index is 1.59. The fraction of sp³-hybridized carbons (Fsp3) is 0. The molecule has 0 N–H and O–H groups in total. The van der Waals surface area contributed by atoms with Crippen molar-refractivity contribution in [2.24, 2.45) is 0 Å². The standard InChI is InChI=1S/C42H22N6/c1-45-31-21-19-29(20-22-31)38-39(28-17-15-26(24-43)16-18-28)48-42-37-33-13-7-8-14-36(33)46-40(32-12-6-5-11-30(32)25-44)35(37)23-34(41(42)47-38)27-9-3-2-4-10-27/h2-23H. The molecule has 8 aromatic rings. The van der Waals surface area contributed by atoms with Crippen molar-refractivity contribution >= 4 is 38.4 Å². The van der Waals surface area contributed by atoms with Gasteiger partial charge >= 0.3 is 0 Å². The molecule has 48 heavy (non-hydrogen) atoms. The van der Waals surface area contributed by atoms with E-state index in [0.717, 1.165) is 49.5 Å². The smallest absolute Gasteiger partial charge is 0.187 e. The second kappa shape index (κ2) is 11.6. The van der Waals surface area contributed by atoms with E-state index in [4.69, 9.17) is 21.5 Å². The van der Waals surface area contributed by atoms with Crippen molar-refractivity contribution < 1.29 is 0 Å². The Labute approximate surface area is 276 Å². The van der Waals surface area contributed by atoms with Crippen molar-refractivity contribution in [3.05, 3.63) is 156 Å². The third-order valence-electron chi connectivity index (χ3n) is 8.55. The van der Waals surface area contributed by atoms with E-state index in [-0.39, 0.29) is 0 Å². The van der Waals surface area contributed by atoms with Gasteiger partial charge in [0.15, 0.2) is 5.69 Å². The van der Waals surface area contributed by atoms with Crippen LogP contribution in [0.25, 0.3) is 82.5 Å². The lowest BCUT2D eigenvalue weighted by molar-refractivity contribution is 1.30. The van der Waals surface area contributed by atoms with Crippen molar-refractivity contribution in [3.63, 3.8) is 0 Å². The summed E-state index contributed by atoms with van der Waals surface area (Å²) >= 11 is 0. The van der Waals surface area contributed by atoms with E-state index in [1.807, 2.05) is 91.0 Å². The zero-order chi connectivity index (χ0) is 32.6. The number of fused-ring (bicyclic) bond motifs is 5. The molecule has 6 aromatic carbocycles. The van der Waals surface area contributed by atoms with Gasteiger partial charge in [-0.2, -0.15) is 10.5 Å². The molecule has 0 saturated heterocycles. The molecule has 8 rings (SSSR count). The maximum atomic E-state index is 10.1. The van der Waals surface area contributed by atoms with Gasteiger partial charge in [0.25, 0.3) is 0 Å². The van der Waals surface area contributed by atoms with Crippen molar-refractivity contribution in [2.75, 3.05) is 0 Å². The maximum absolute atomic E-state index is 10.1. The molecule has 0 saturated carbocycles. The fourth-order valence-electron chi connectivity index (χ4n) is 6.26. The summed E-state index contributed by atoms with van der Waals surface area (Å²) in [6.45, 7) is 7.46. The third kappa shape index (κ3) is 4.68. The van der Waals surface area contributed by atoms with Gasteiger partial charge in [-0.05, 0) is 41.5 Å². The molecule has 2 aromatic heterocycles. The predicted molar refractivity (Wildman–Crippen MR) is 190 cm³/mol. The lowest BCUT2D eigenvalue weighted by atomic mass is 9.92. The van der Waals surface area contributed by atoms with Crippen LogP contribution >= 0.6 is 0 Å². The highest BCUT2D eigenvalue weighted by molar-refractivity contribution is 6.24. The number of hydrogen-bond acceptors (Lipinski definition) is 5. The second-order valence-electron chi connectivity index (χ2n) is 11.3. The number of aromatic nitrogens is 3. The number of benzene rings is 6. The van der Waals surface area contributed by atoms with E-state index >= 15 is 0 Å². The van der Waals surface area contributed by atoms with Gasteiger partial charge in [-0.3, -0.25) is 0 Å². The van der Waals surface area contributed by atoms with Crippen LogP contribution in [0.5, 0.6) is 0 Å². The Kier molecular flexibility index (Phi) is 6.85. The molecule has 0 aliphatic heterocycles. The minimum absolute atomic E-state index is 0.533. The van der Waals surface area contributed by atoms with Gasteiger partial charge < -0.3 is 0 Å². The van der Waals surface area contributed by atoms with Crippen molar-refractivity contribution in [3.8, 4) is 57.0 Å².